The molecule has 1 fully saturated rings. The van der Waals surface area contributed by atoms with Crippen LogP contribution < -0.4 is 5.73 Å². The van der Waals surface area contributed by atoms with Crippen LogP contribution in [-0.2, 0) is 0 Å². The van der Waals surface area contributed by atoms with Crippen molar-refractivity contribution in [2.24, 2.45) is 11.7 Å². The third-order valence-corrected chi connectivity index (χ3v) is 3.64. The summed E-state index contributed by atoms with van der Waals surface area (Å²) in [5.41, 5.74) is 7.35. The van der Waals surface area contributed by atoms with E-state index in [1.165, 1.54) is 24.9 Å². The second kappa shape index (κ2) is 5.85. The second-order valence-electron chi connectivity index (χ2n) is 5.15. The summed E-state index contributed by atoms with van der Waals surface area (Å²) in [7, 11) is 2.19. The van der Waals surface area contributed by atoms with E-state index in [0.717, 1.165) is 23.9 Å². The lowest BCUT2D eigenvalue weighted by Crippen LogP contribution is -2.25. The predicted molar refractivity (Wildman–Crippen MR) is 73.2 cm³/mol. The van der Waals surface area contributed by atoms with E-state index >= 15 is 0 Å². The number of hydrogen-bond donors (Lipinski definition) is 1. The molecule has 1 aromatic carbocycles. The number of nitrogens with zero attached hydrogens (tertiary/aromatic N) is 1. The number of hydrogen-bond acceptors (Lipinski definition) is 2. The van der Waals surface area contributed by atoms with Crippen molar-refractivity contribution >= 4 is 11.6 Å². The quantitative estimate of drug-likeness (QED) is 0.843. The average Bonchev–Trinajstić information content (AvgIpc) is 3.11. The zero-order chi connectivity index (χ0) is 12.3. The fourth-order valence-electron chi connectivity index (χ4n) is 2.07. The van der Waals surface area contributed by atoms with Gasteiger partial charge in [0.15, 0.2) is 0 Å². The highest BCUT2D eigenvalue weighted by molar-refractivity contribution is 6.30. The van der Waals surface area contributed by atoms with Gasteiger partial charge in [-0.25, -0.2) is 0 Å². The first-order valence-electron chi connectivity index (χ1n) is 6.35. The molecule has 0 aromatic heterocycles. The molecule has 1 saturated carbocycles. The Morgan fingerprint density at radius 3 is 2.59 bits per heavy atom. The molecule has 1 aliphatic carbocycles. The number of benzene rings is 1. The van der Waals surface area contributed by atoms with Gasteiger partial charge in [-0.1, -0.05) is 23.7 Å². The van der Waals surface area contributed by atoms with Gasteiger partial charge in [-0.2, -0.15) is 0 Å². The Morgan fingerprint density at radius 2 is 2.00 bits per heavy atom. The molecule has 0 heterocycles. The van der Waals surface area contributed by atoms with E-state index in [-0.39, 0.29) is 6.04 Å². The number of rotatable bonds is 6. The molecule has 0 spiro atoms. The summed E-state index contributed by atoms with van der Waals surface area (Å²) in [6.45, 7) is 2.30. The van der Waals surface area contributed by atoms with Gasteiger partial charge in [0.05, 0.1) is 0 Å². The van der Waals surface area contributed by atoms with Crippen LogP contribution in [0.2, 0.25) is 5.02 Å². The van der Waals surface area contributed by atoms with Gasteiger partial charge >= 0.3 is 0 Å². The first kappa shape index (κ1) is 12.9. The molecule has 1 unspecified atom stereocenters. The Labute approximate surface area is 109 Å². The van der Waals surface area contributed by atoms with E-state index in [1.807, 2.05) is 24.3 Å². The van der Waals surface area contributed by atoms with Crippen molar-refractivity contribution in [1.29, 1.82) is 0 Å². The summed E-state index contributed by atoms with van der Waals surface area (Å²) in [5, 5.41) is 0.770. The minimum Gasteiger partial charge on any atom is -0.324 e. The molecule has 0 saturated heterocycles. The Kier molecular flexibility index (Phi) is 4.43. The van der Waals surface area contributed by atoms with Crippen molar-refractivity contribution in [2.75, 3.05) is 20.1 Å². The Bertz CT molecular complexity index is 346. The SMILES string of the molecule is CN(CCC(N)c1ccc(Cl)cc1)CC1CC1. The van der Waals surface area contributed by atoms with Crippen LogP contribution in [0.3, 0.4) is 0 Å². The van der Waals surface area contributed by atoms with Crippen LogP contribution in [-0.4, -0.2) is 25.0 Å². The van der Waals surface area contributed by atoms with Crippen molar-refractivity contribution in [1.82, 2.24) is 4.90 Å². The van der Waals surface area contributed by atoms with Gasteiger partial charge in [-0.3, -0.25) is 0 Å². The van der Waals surface area contributed by atoms with E-state index in [1.54, 1.807) is 0 Å². The minimum atomic E-state index is 0.119. The van der Waals surface area contributed by atoms with E-state index in [0.29, 0.717) is 0 Å². The summed E-state index contributed by atoms with van der Waals surface area (Å²) < 4.78 is 0. The summed E-state index contributed by atoms with van der Waals surface area (Å²) in [6, 6.07) is 7.98. The summed E-state index contributed by atoms with van der Waals surface area (Å²) in [5.74, 6) is 0.951. The van der Waals surface area contributed by atoms with Crippen LogP contribution in [0.5, 0.6) is 0 Å². The summed E-state index contributed by atoms with van der Waals surface area (Å²) >= 11 is 5.86. The molecule has 0 aliphatic heterocycles. The van der Waals surface area contributed by atoms with Gasteiger partial charge in [-0.15, -0.1) is 0 Å². The lowest BCUT2D eigenvalue weighted by Gasteiger charge is -2.19. The molecule has 2 rings (SSSR count). The maximum Gasteiger partial charge on any atom is 0.0406 e. The van der Waals surface area contributed by atoms with Crippen LogP contribution in [0.4, 0.5) is 0 Å². The first-order valence-corrected chi connectivity index (χ1v) is 6.72. The van der Waals surface area contributed by atoms with Gasteiger partial charge in [0.2, 0.25) is 0 Å². The second-order valence-corrected chi connectivity index (χ2v) is 5.59. The molecule has 0 bridgehead atoms. The van der Waals surface area contributed by atoms with Crippen LogP contribution in [0.1, 0.15) is 30.9 Å². The Balaban J connectivity index is 1.75. The van der Waals surface area contributed by atoms with Crippen LogP contribution in [0, 0.1) is 5.92 Å². The molecule has 1 aliphatic rings. The van der Waals surface area contributed by atoms with Crippen molar-refractivity contribution in [2.45, 2.75) is 25.3 Å². The molecule has 94 valence electrons. The number of halogens is 1. The molecule has 2 N–H and O–H groups in total. The van der Waals surface area contributed by atoms with Gasteiger partial charge in [0.25, 0.3) is 0 Å². The highest BCUT2D eigenvalue weighted by Gasteiger charge is 2.22. The van der Waals surface area contributed by atoms with Crippen LogP contribution >= 0.6 is 11.6 Å². The van der Waals surface area contributed by atoms with Gasteiger partial charge in [-0.05, 0) is 56.5 Å². The zero-order valence-corrected chi connectivity index (χ0v) is 11.2. The smallest absolute Gasteiger partial charge is 0.0406 e. The molecule has 0 amide bonds. The summed E-state index contributed by atoms with van der Waals surface area (Å²) in [6.07, 6.45) is 3.83. The average molecular weight is 253 g/mol. The molecule has 17 heavy (non-hydrogen) atoms. The van der Waals surface area contributed by atoms with Gasteiger partial charge in [0, 0.05) is 17.6 Å². The van der Waals surface area contributed by atoms with Gasteiger partial charge < -0.3 is 10.6 Å². The van der Waals surface area contributed by atoms with Crippen LogP contribution in [0.25, 0.3) is 0 Å². The molecule has 3 heteroatoms. The van der Waals surface area contributed by atoms with Crippen molar-refractivity contribution in [3.63, 3.8) is 0 Å². The molecule has 1 atom stereocenters. The van der Waals surface area contributed by atoms with Gasteiger partial charge in [0.1, 0.15) is 0 Å². The molecular weight excluding hydrogens is 232 g/mol. The van der Waals surface area contributed by atoms with Crippen molar-refractivity contribution < 1.29 is 0 Å². The monoisotopic (exact) mass is 252 g/mol. The topological polar surface area (TPSA) is 29.3 Å². The molecule has 1 aromatic rings. The third-order valence-electron chi connectivity index (χ3n) is 3.39. The largest absolute Gasteiger partial charge is 0.324 e. The highest BCUT2D eigenvalue weighted by Crippen LogP contribution is 2.29. The van der Waals surface area contributed by atoms with Crippen molar-refractivity contribution in [3.05, 3.63) is 34.9 Å². The Morgan fingerprint density at radius 1 is 1.35 bits per heavy atom. The van der Waals surface area contributed by atoms with E-state index in [2.05, 4.69) is 11.9 Å². The maximum atomic E-state index is 6.17. The lowest BCUT2D eigenvalue weighted by molar-refractivity contribution is 0.306. The highest BCUT2D eigenvalue weighted by atomic mass is 35.5. The minimum absolute atomic E-state index is 0.119. The maximum absolute atomic E-state index is 6.17. The lowest BCUT2D eigenvalue weighted by atomic mass is 10.0. The first-order chi connectivity index (χ1) is 8.15. The van der Waals surface area contributed by atoms with Crippen molar-refractivity contribution in [3.8, 4) is 0 Å². The zero-order valence-electron chi connectivity index (χ0n) is 10.4. The Hall–Kier alpha value is -0.570. The molecule has 0 radical (unpaired) electrons. The fraction of sp³-hybridized carbons (Fsp3) is 0.571. The molecular formula is C14H21ClN2. The normalized spacial score (nSPS) is 17.4. The standard InChI is InChI=1S/C14H21ClN2/c1-17(10-11-2-3-11)9-8-14(16)12-4-6-13(15)7-5-12/h4-7,11,14H,2-3,8-10,16H2,1H3. The van der Waals surface area contributed by atoms with E-state index in [4.69, 9.17) is 17.3 Å². The number of nitrogens with two attached hydrogens (primary N) is 1. The summed E-state index contributed by atoms with van der Waals surface area (Å²) in [4.78, 5) is 2.40. The van der Waals surface area contributed by atoms with E-state index < -0.39 is 0 Å². The predicted octanol–water partition coefficient (Wildman–Crippen LogP) is 3.07. The molecule has 2 nitrogen and oxygen atoms in total. The van der Waals surface area contributed by atoms with Crippen LogP contribution in [0.15, 0.2) is 24.3 Å². The third kappa shape index (κ3) is 4.30. The fourth-order valence-corrected chi connectivity index (χ4v) is 2.19. The van der Waals surface area contributed by atoms with E-state index in [9.17, 15) is 0 Å².